The maximum Gasteiger partial charge on any atom is 0.125 e. The number of aliphatic hydroxyl groups excluding tert-OH is 1. The topological polar surface area (TPSA) is 29.5 Å². The smallest absolute Gasteiger partial charge is 0.125 e. The molecule has 0 spiro atoms. The first-order chi connectivity index (χ1) is 7.82. The van der Waals surface area contributed by atoms with Crippen molar-refractivity contribution in [1.29, 1.82) is 0 Å². The van der Waals surface area contributed by atoms with Gasteiger partial charge < -0.3 is 9.84 Å². The van der Waals surface area contributed by atoms with Crippen molar-refractivity contribution >= 4 is 11.6 Å². The molecule has 2 unspecified atom stereocenters. The molecule has 0 bridgehead atoms. The minimum Gasteiger partial charge on any atom is -0.489 e. The van der Waals surface area contributed by atoms with Gasteiger partial charge in [0.15, 0.2) is 0 Å². The largest absolute Gasteiger partial charge is 0.489 e. The van der Waals surface area contributed by atoms with Crippen molar-refractivity contribution < 1.29 is 9.84 Å². The maximum absolute atomic E-state index is 9.71. The molecule has 1 saturated carbocycles. The summed E-state index contributed by atoms with van der Waals surface area (Å²) in [6, 6.07) is 3.82. The second-order valence-electron chi connectivity index (χ2n) is 5.55. The van der Waals surface area contributed by atoms with Crippen LogP contribution in [0.1, 0.15) is 31.4 Å². The molecule has 1 fully saturated rings. The summed E-state index contributed by atoms with van der Waals surface area (Å²) in [4.78, 5) is 0. The number of hydrogen-bond acceptors (Lipinski definition) is 2. The minimum atomic E-state index is -0.264. The molecule has 2 atom stereocenters. The Morgan fingerprint density at radius 1 is 1.29 bits per heavy atom. The van der Waals surface area contributed by atoms with E-state index in [1.807, 2.05) is 39.8 Å². The first kappa shape index (κ1) is 12.7. The van der Waals surface area contributed by atoms with Crippen LogP contribution in [-0.2, 0) is 0 Å². The van der Waals surface area contributed by atoms with Crippen LogP contribution in [0.5, 0.6) is 5.75 Å². The SMILES string of the molecule is Cc1cc(Cl)cc(C)c1OC1CC(O)C1(C)C. The third-order valence-electron chi connectivity index (χ3n) is 3.81. The van der Waals surface area contributed by atoms with E-state index in [0.29, 0.717) is 6.42 Å². The number of rotatable bonds is 2. The third kappa shape index (κ3) is 2.16. The summed E-state index contributed by atoms with van der Waals surface area (Å²) in [5, 5.41) is 10.4. The van der Waals surface area contributed by atoms with Gasteiger partial charge in [-0.1, -0.05) is 25.4 Å². The molecular weight excluding hydrogens is 236 g/mol. The monoisotopic (exact) mass is 254 g/mol. The van der Waals surface area contributed by atoms with Gasteiger partial charge in [-0.15, -0.1) is 0 Å². The average molecular weight is 255 g/mol. The van der Waals surface area contributed by atoms with Gasteiger partial charge in [0.2, 0.25) is 0 Å². The van der Waals surface area contributed by atoms with Gasteiger partial charge in [0.25, 0.3) is 0 Å². The van der Waals surface area contributed by atoms with Crippen LogP contribution in [0.2, 0.25) is 5.02 Å². The van der Waals surface area contributed by atoms with Crippen LogP contribution >= 0.6 is 11.6 Å². The molecule has 3 heteroatoms. The zero-order valence-corrected chi connectivity index (χ0v) is 11.5. The lowest BCUT2D eigenvalue weighted by Gasteiger charge is -2.48. The fourth-order valence-electron chi connectivity index (χ4n) is 2.29. The van der Waals surface area contributed by atoms with Crippen molar-refractivity contribution in [2.24, 2.45) is 5.41 Å². The Kier molecular flexibility index (Phi) is 3.13. The summed E-state index contributed by atoms with van der Waals surface area (Å²) in [5.74, 6) is 0.902. The highest BCUT2D eigenvalue weighted by Gasteiger charge is 2.49. The zero-order chi connectivity index (χ0) is 12.8. The molecule has 17 heavy (non-hydrogen) atoms. The van der Waals surface area contributed by atoms with Gasteiger partial charge >= 0.3 is 0 Å². The number of benzene rings is 1. The van der Waals surface area contributed by atoms with Gasteiger partial charge in [-0.3, -0.25) is 0 Å². The molecule has 0 amide bonds. The summed E-state index contributed by atoms with van der Waals surface area (Å²) >= 11 is 5.99. The van der Waals surface area contributed by atoms with E-state index in [-0.39, 0.29) is 17.6 Å². The second kappa shape index (κ2) is 4.18. The molecule has 2 nitrogen and oxygen atoms in total. The molecule has 1 aromatic rings. The third-order valence-corrected chi connectivity index (χ3v) is 4.03. The van der Waals surface area contributed by atoms with Crippen molar-refractivity contribution in [3.05, 3.63) is 28.3 Å². The Hall–Kier alpha value is -0.730. The summed E-state index contributed by atoms with van der Waals surface area (Å²) < 4.78 is 6.03. The van der Waals surface area contributed by atoms with Crippen molar-refractivity contribution in [2.75, 3.05) is 0 Å². The van der Waals surface area contributed by atoms with E-state index in [2.05, 4.69) is 0 Å². The predicted octanol–water partition coefficient (Wildman–Crippen LogP) is 3.50. The Labute approximate surface area is 108 Å². The van der Waals surface area contributed by atoms with Gasteiger partial charge in [0, 0.05) is 16.9 Å². The van der Waals surface area contributed by atoms with E-state index in [0.717, 1.165) is 21.9 Å². The number of halogens is 1. The normalized spacial score (nSPS) is 26.5. The highest BCUT2D eigenvalue weighted by atomic mass is 35.5. The van der Waals surface area contributed by atoms with Crippen molar-refractivity contribution in [2.45, 2.75) is 46.3 Å². The Morgan fingerprint density at radius 3 is 2.24 bits per heavy atom. The lowest BCUT2D eigenvalue weighted by Crippen LogP contribution is -2.56. The van der Waals surface area contributed by atoms with Crippen LogP contribution in [0.3, 0.4) is 0 Å². The Balaban J connectivity index is 2.21. The molecule has 0 saturated heterocycles. The predicted molar refractivity (Wildman–Crippen MR) is 69.7 cm³/mol. The molecule has 0 aliphatic heterocycles. The summed E-state index contributed by atoms with van der Waals surface area (Å²) in [6.07, 6.45) is 0.519. The molecule has 1 aliphatic carbocycles. The van der Waals surface area contributed by atoms with E-state index in [1.54, 1.807) is 0 Å². The lowest BCUT2D eigenvalue weighted by molar-refractivity contribution is -0.134. The molecule has 1 aromatic carbocycles. The van der Waals surface area contributed by atoms with E-state index in [1.165, 1.54) is 0 Å². The van der Waals surface area contributed by atoms with Crippen LogP contribution in [0.25, 0.3) is 0 Å². The standard InChI is InChI=1S/C14H19ClO2/c1-8-5-10(15)6-9(2)13(8)17-12-7-11(16)14(12,3)4/h5-6,11-12,16H,7H2,1-4H3. The number of aryl methyl sites for hydroxylation is 2. The first-order valence-corrected chi connectivity index (χ1v) is 6.31. The molecule has 2 rings (SSSR count). The van der Waals surface area contributed by atoms with Crippen LogP contribution in [0, 0.1) is 19.3 Å². The van der Waals surface area contributed by atoms with Gasteiger partial charge in [0.1, 0.15) is 11.9 Å². The van der Waals surface area contributed by atoms with Gasteiger partial charge in [-0.2, -0.15) is 0 Å². The van der Waals surface area contributed by atoms with Gasteiger partial charge in [-0.05, 0) is 37.1 Å². The van der Waals surface area contributed by atoms with Crippen molar-refractivity contribution in [3.8, 4) is 5.75 Å². The van der Waals surface area contributed by atoms with E-state index in [9.17, 15) is 5.11 Å². The zero-order valence-electron chi connectivity index (χ0n) is 10.7. The lowest BCUT2D eigenvalue weighted by atomic mass is 9.66. The minimum absolute atomic E-state index is 0.0797. The highest BCUT2D eigenvalue weighted by molar-refractivity contribution is 6.30. The molecule has 94 valence electrons. The van der Waals surface area contributed by atoms with Gasteiger partial charge in [0.05, 0.1) is 6.10 Å². The Bertz CT molecular complexity index is 417. The summed E-state index contributed by atoms with van der Waals surface area (Å²) in [7, 11) is 0. The second-order valence-corrected chi connectivity index (χ2v) is 5.98. The molecule has 0 heterocycles. The molecule has 1 N–H and O–H groups in total. The van der Waals surface area contributed by atoms with Crippen LogP contribution in [-0.4, -0.2) is 17.3 Å². The first-order valence-electron chi connectivity index (χ1n) is 5.94. The molecule has 0 aromatic heterocycles. The van der Waals surface area contributed by atoms with Gasteiger partial charge in [-0.25, -0.2) is 0 Å². The maximum atomic E-state index is 9.71. The highest BCUT2D eigenvalue weighted by Crippen LogP contribution is 2.44. The van der Waals surface area contributed by atoms with E-state index in [4.69, 9.17) is 16.3 Å². The summed E-state index contributed by atoms with van der Waals surface area (Å²) in [6.45, 7) is 8.06. The quantitative estimate of drug-likeness (QED) is 0.875. The van der Waals surface area contributed by atoms with Crippen molar-refractivity contribution in [3.63, 3.8) is 0 Å². The van der Waals surface area contributed by atoms with Crippen LogP contribution in [0.4, 0.5) is 0 Å². The van der Waals surface area contributed by atoms with E-state index < -0.39 is 0 Å². The Morgan fingerprint density at radius 2 is 1.82 bits per heavy atom. The molecule has 1 aliphatic rings. The van der Waals surface area contributed by atoms with Crippen LogP contribution < -0.4 is 4.74 Å². The number of aliphatic hydroxyl groups is 1. The fraction of sp³-hybridized carbons (Fsp3) is 0.571. The summed E-state index contributed by atoms with van der Waals surface area (Å²) in [5.41, 5.74) is 1.93. The number of hydrogen-bond donors (Lipinski definition) is 1. The number of ether oxygens (including phenoxy) is 1. The van der Waals surface area contributed by atoms with E-state index >= 15 is 0 Å². The molecular formula is C14H19ClO2. The average Bonchev–Trinajstić information content (AvgIpc) is 2.21. The molecule has 0 radical (unpaired) electrons. The fourth-order valence-corrected chi connectivity index (χ4v) is 2.62. The van der Waals surface area contributed by atoms with Crippen molar-refractivity contribution in [1.82, 2.24) is 0 Å². The van der Waals surface area contributed by atoms with Crippen LogP contribution in [0.15, 0.2) is 12.1 Å².